The Hall–Kier alpha value is -0.900. The molecule has 0 saturated carbocycles. The Kier molecular flexibility index (Phi) is 5.37. The Morgan fingerprint density at radius 3 is 2.68 bits per heavy atom. The number of likely N-dealkylation sites (N-methyl/N-ethyl adjacent to an activating group) is 1. The number of nitrogens with zero attached hydrogens (tertiary/aromatic N) is 2. The molecule has 1 saturated heterocycles. The minimum Gasteiger partial charge on any atom is -0.395 e. The third-order valence-electron chi connectivity index (χ3n) is 4.34. The Morgan fingerprint density at radius 2 is 2.00 bits per heavy atom. The first-order chi connectivity index (χ1) is 9.20. The number of hydrogen-bond acceptors (Lipinski definition) is 3. The van der Waals surface area contributed by atoms with E-state index in [0.717, 1.165) is 26.1 Å². The van der Waals surface area contributed by atoms with Crippen LogP contribution in [-0.4, -0.2) is 60.3 Å². The fraction of sp³-hybridized carbons (Fsp3) is 0.625. The maximum Gasteiger partial charge on any atom is 0.0599 e. The van der Waals surface area contributed by atoms with Gasteiger partial charge in [-0.05, 0) is 32.4 Å². The second-order valence-corrected chi connectivity index (χ2v) is 5.69. The first-order valence-electron chi connectivity index (χ1n) is 7.29. The predicted molar refractivity (Wildman–Crippen MR) is 79.3 cm³/mol. The molecule has 1 fully saturated rings. The van der Waals surface area contributed by atoms with E-state index < -0.39 is 0 Å². The van der Waals surface area contributed by atoms with E-state index in [1.165, 1.54) is 12.0 Å². The van der Waals surface area contributed by atoms with Crippen LogP contribution in [0.1, 0.15) is 18.9 Å². The highest BCUT2D eigenvalue weighted by Gasteiger charge is 2.25. The van der Waals surface area contributed by atoms with Gasteiger partial charge >= 0.3 is 0 Å². The van der Waals surface area contributed by atoms with E-state index in [-0.39, 0.29) is 12.6 Å². The molecule has 106 valence electrons. The predicted octanol–water partition coefficient (Wildman–Crippen LogP) is 1.62. The zero-order valence-corrected chi connectivity index (χ0v) is 12.1. The van der Waals surface area contributed by atoms with Crippen molar-refractivity contribution in [2.75, 3.05) is 33.3 Å². The molecule has 1 N–H and O–H groups in total. The van der Waals surface area contributed by atoms with Crippen molar-refractivity contribution < 1.29 is 5.11 Å². The van der Waals surface area contributed by atoms with E-state index in [9.17, 15) is 5.11 Å². The smallest absolute Gasteiger partial charge is 0.0599 e. The van der Waals surface area contributed by atoms with Crippen LogP contribution in [0.2, 0.25) is 0 Å². The molecule has 0 bridgehead atoms. The topological polar surface area (TPSA) is 26.7 Å². The Morgan fingerprint density at radius 1 is 1.26 bits per heavy atom. The van der Waals surface area contributed by atoms with Crippen molar-refractivity contribution in [3.8, 4) is 0 Å². The summed E-state index contributed by atoms with van der Waals surface area (Å²) in [5.74, 6) is 0. The zero-order valence-electron chi connectivity index (χ0n) is 12.1. The van der Waals surface area contributed by atoms with Crippen molar-refractivity contribution >= 4 is 0 Å². The van der Waals surface area contributed by atoms with Gasteiger partial charge in [0.05, 0.1) is 6.61 Å². The molecule has 3 heteroatoms. The van der Waals surface area contributed by atoms with Crippen molar-refractivity contribution in [1.82, 2.24) is 9.80 Å². The standard InChI is InChI=1S/C16H26N2O/c1-14-8-10-18(16(13-19)12-17(14)2)11-9-15-6-4-3-5-7-15/h3-7,14,16,19H,8-13H2,1-2H3. The van der Waals surface area contributed by atoms with Crippen molar-refractivity contribution in [1.29, 1.82) is 0 Å². The first-order valence-corrected chi connectivity index (χ1v) is 7.29. The first kappa shape index (κ1) is 14.5. The normalized spacial score (nSPS) is 26.3. The van der Waals surface area contributed by atoms with Gasteiger partial charge in [-0.1, -0.05) is 30.3 Å². The fourth-order valence-electron chi connectivity index (χ4n) is 2.77. The largest absolute Gasteiger partial charge is 0.395 e. The van der Waals surface area contributed by atoms with Crippen LogP contribution in [0.25, 0.3) is 0 Å². The van der Waals surface area contributed by atoms with Gasteiger partial charge in [0, 0.05) is 31.7 Å². The Bertz CT molecular complexity index is 368. The average molecular weight is 262 g/mol. The van der Waals surface area contributed by atoms with Gasteiger partial charge in [0.1, 0.15) is 0 Å². The minimum absolute atomic E-state index is 0.256. The van der Waals surface area contributed by atoms with Gasteiger partial charge in [-0.25, -0.2) is 0 Å². The summed E-state index contributed by atoms with van der Waals surface area (Å²) in [6.45, 7) is 5.62. The summed E-state index contributed by atoms with van der Waals surface area (Å²) in [5, 5.41) is 9.62. The molecule has 1 heterocycles. The van der Waals surface area contributed by atoms with Crippen LogP contribution in [0.3, 0.4) is 0 Å². The van der Waals surface area contributed by atoms with E-state index in [4.69, 9.17) is 0 Å². The molecule has 0 radical (unpaired) electrons. The molecule has 0 spiro atoms. The van der Waals surface area contributed by atoms with Crippen molar-refractivity contribution in [2.24, 2.45) is 0 Å². The monoisotopic (exact) mass is 262 g/mol. The molecule has 0 aromatic heterocycles. The maximum atomic E-state index is 9.62. The van der Waals surface area contributed by atoms with Crippen molar-refractivity contribution in [3.05, 3.63) is 35.9 Å². The highest BCUT2D eigenvalue weighted by atomic mass is 16.3. The third kappa shape index (κ3) is 4.03. The van der Waals surface area contributed by atoms with Gasteiger partial charge in [-0.2, -0.15) is 0 Å². The summed E-state index contributed by atoms with van der Waals surface area (Å²) in [5.41, 5.74) is 1.38. The van der Waals surface area contributed by atoms with Gasteiger partial charge in [0.2, 0.25) is 0 Å². The lowest BCUT2D eigenvalue weighted by Crippen LogP contribution is -2.44. The molecule has 1 aromatic rings. The van der Waals surface area contributed by atoms with E-state index in [1.807, 2.05) is 0 Å². The molecule has 2 atom stereocenters. The van der Waals surface area contributed by atoms with Gasteiger partial charge in [-0.15, -0.1) is 0 Å². The summed E-state index contributed by atoms with van der Waals surface area (Å²) >= 11 is 0. The highest BCUT2D eigenvalue weighted by Crippen LogP contribution is 2.14. The van der Waals surface area contributed by atoms with E-state index in [1.54, 1.807) is 0 Å². The van der Waals surface area contributed by atoms with Crippen LogP contribution in [-0.2, 0) is 6.42 Å². The molecule has 0 aliphatic carbocycles. The van der Waals surface area contributed by atoms with Crippen molar-refractivity contribution in [3.63, 3.8) is 0 Å². The van der Waals surface area contributed by atoms with E-state index >= 15 is 0 Å². The highest BCUT2D eigenvalue weighted by molar-refractivity contribution is 5.14. The SMILES string of the molecule is CC1CCN(CCc2ccccc2)C(CO)CN1C. The number of aliphatic hydroxyl groups is 1. The van der Waals surface area contributed by atoms with Crippen LogP contribution in [0.5, 0.6) is 0 Å². The lowest BCUT2D eigenvalue weighted by molar-refractivity contribution is 0.115. The molecular weight excluding hydrogens is 236 g/mol. The molecule has 1 aliphatic heterocycles. The lowest BCUT2D eigenvalue weighted by atomic mass is 10.1. The number of aliphatic hydroxyl groups excluding tert-OH is 1. The summed E-state index contributed by atoms with van der Waals surface area (Å²) in [4.78, 5) is 4.82. The molecule has 1 aromatic carbocycles. The van der Waals surface area contributed by atoms with Crippen molar-refractivity contribution in [2.45, 2.75) is 31.8 Å². The van der Waals surface area contributed by atoms with Crippen LogP contribution in [0, 0.1) is 0 Å². The average Bonchev–Trinajstić information content (AvgIpc) is 2.58. The fourth-order valence-corrected chi connectivity index (χ4v) is 2.77. The van der Waals surface area contributed by atoms with Crippen LogP contribution < -0.4 is 0 Å². The zero-order chi connectivity index (χ0) is 13.7. The summed E-state index contributed by atoms with van der Waals surface area (Å²) in [7, 11) is 2.16. The molecule has 2 rings (SSSR count). The second kappa shape index (κ2) is 7.04. The molecule has 2 unspecified atom stereocenters. The second-order valence-electron chi connectivity index (χ2n) is 5.69. The molecule has 1 aliphatic rings. The van der Waals surface area contributed by atoms with Gasteiger partial charge in [0.25, 0.3) is 0 Å². The molecule has 3 nitrogen and oxygen atoms in total. The Labute approximate surface area is 116 Å². The van der Waals surface area contributed by atoms with Crippen LogP contribution >= 0.6 is 0 Å². The van der Waals surface area contributed by atoms with Crippen LogP contribution in [0.15, 0.2) is 30.3 Å². The summed E-state index contributed by atoms with van der Waals surface area (Å²) in [6.07, 6.45) is 2.25. The molecular formula is C16H26N2O. The van der Waals surface area contributed by atoms with E-state index in [2.05, 4.69) is 54.1 Å². The number of rotatable bonds is 4. The number of hydrogen-bond donors (Lipinski definition) is 1. The number of benzene rings is 1. The molecule has 0 amide bonds. The van der Waals surface area contributed by atoms with Crippen LogP contribution in [0.4, 0.5) is 0 Å². The maximum absolute atomic E-state index is 9.62. The third-order valence-corrected chi connectivity index (χ3v) is 4.34. The minimum atomic E-state index is 0.256. The van der Waals surface area contributed by atoms with Gasteiger partial charge in [-0.3, -0.25) is 4.90 Å². The van der Waals surface area contributed by atoms with E-state index in [0.29, 0.717) is 6.04 Å². The Balaban J connectivity index is 1.93. The molecule has 19 heavy (non-hydrogen) atoms. The van der Waals surface area contributed by atoms with Gasteiger partial charge < -0.3 is 10.0 Å². The quantitative estimate of drug-likeness (QED) is 0.893. The summed E-state index contributed by atoms with van der Waals surface area (Å²) < 4.78 is 0. The lowest BCUT2D eigenvalue weighted by Gasteiger charge is -2.29. The summed E-state index contributed by atoms with van der Waals surface area (Å²) in [6, 6.07) is 11.5. The van der Waals surface area contributed by atoms with Gasteiger partial charge in [0.15, 0.2) is 0 Å².